The molecule has 210 valence electrons. The van der Waals surface area contributed by atoms with E-state index in [0.29, 0.717) is 5.70 Å². The van der Waals surface area contributed by atoms with Gasteiger partial charge in [0, 0.05) is 35.0 Å². The zero-order chi connectivity index (χ0) is 28.9. The number of esters is 1. The minimum atomic E-state index is -2.29. The quantitative estimate of drug-likeness (QED) is 0.287. The maximum absolute atomic E-state index is 14.2. The molecule has 14 nitrogen and oxygen atoms in total. The van der Waals surface area contributed by atoms with Crippen molar-refractivity contribution in [2.45, 2.75) is 70.1 Å². The van der Waals surface area contributed by atoms with Crippen molar-refractivity contribution in [3.63, 3.8) is 0 Å². The molecule has 0 radical (unpaired) electrons. The monoisotopic (exact) mass is 547 g/mol. The van der Waals surface area contributed by atoms with Crippen LogP contribution in [0.25, 0.3) is 0 Å². The molecule has 2 N–H and O–H groups in total. The maximum Gasteiger partial charge on any atom is 0.337 e. The van der Waals surface area contributed by atoms with Crippen LogP contribution in [0.5, 0.6) is 0 Å². The molecule has 0 aromatic heterocycles. The Morgan fingerprint density at radius 2 is 1.79 bits per heavy atom. The summed E-state index contributed by atoms with van der Waals surface area (Å²) in [6.45, 7) is 7.35. The molecule has 0 saturated carbocycles. The average molecular weight is 548 g/mol. The van der Waals surface area contributed by atoms with E-state index in [1.165, 1.54) is 24.3 Å². The van der Waals surface area contributed by atoms with Gasteiger partial charge in [0.1, 0.15) is 17.8 Å². The Morgan fingerprint density at radius 3 is 2.41 bits per heavy atom. The van der Waals surface area contributed by atoms with Gasteiger partial charge in [-0.25, -0.2) is 4.79 Å². The third-order valence-electron chi connectivity index (χ3n) is 6.72. The molecule has 3 heterocycles. The van der Waals surface area contributed by atoms with Gasteiger partial charge in [-0.05, 0) is 40.2 Å². The van der Waals surface area contributed by atoms with Gasteiger partial charge in [-0.2, -0.15) is 0 Å². The Hall–Kier alpha value is -3.88. The van der Waals surface area contributed by atoms with Gasteiger partial charge in [-0.3, -0.25) is 14.9 Å². The fourth-order valence-electron chi connectivity index (χ4n) is 5.17. The molecule has 1 aromatic carbocycles. The fourth-order valence-corrected chi connectivity index (χ4v) is 5.17. The topological polar surface area (TPSA) is 190 Å². The molecule has 0 bridgehead atoms. The van der Waals surface area contributed by atoms with Crippen molar-refractivity contribution in [3.8, 4) is 0 Å². The van der Waals surface area contributed by atoms with Gasteiger partial charge in [-0.15, -0.1) is 10.1 Å². The van der Waals surface area contributed by atoms with Crippen molar-refractivity contribution in [2.24, 2.45) is 0 Å². The first-order chi connectivity index (χ1) is 18.1. The molecule has 39 heavy (non-hydrogen) atoms. The van der Waals surface area contributed by atoms with E-state index in [0.717, 1.165) is 0 Å². The van der Waals surface area contributed by atoms with Gasteiger partial charge in [0.2, 0.25) is 0 Å². The van der Waals surface area contributed by atoms with Crippen molar-refractivity contribution in [1.29, 1.82) is 0 Å². The number of nitrogens with one attached hydrogen (secondary N) is 1. The summed E-state index contributed by atoms with van der Waals surface area (Å²) < 4.78 is 16.7. The summed E-state index contributed by atoms with van der Waals surface area (Å²) in [5.74, 6) is -2.79. The van der Waals surface area contributed by atoms with Crippen LogP contribution in [0, 0.1) is 20.2 Å². The fraction of sp³-hybridized carbons (Fsp3) is 0.520. The van der Waals surface area contributed by atoms with E-state index < -0.39 is 63.8 Å². The number of hydrogen-bond acceptors (Lipinski definition) is 12. The summed E-state index contributed by atoms with van der Waals surface area (Å²) in [6, 6.07) is 5.49. The number of dihydropyridines is 1. The number of allylic oxidation sites excluding steroid dienone is 2. The second kappa shape index (κ2) is 10.0. The molecule has 3 aliphatic heterocycles. The van der Waals surface area contributed by atoms with E-state index in [-0.39, 0.29) is 34.7 Å². The largest absolute Gasteiger partial charge is 0.457 e. The first-order valence-electron chi connectivity index (χ1n) is 12.1. The van der Waals surface area contributed by atoms with E-state index in [2.05, 4.69) is 10.2 Å². The molecule has 5 atom stereocenters. The zero-order valence-electron chi connectivity index (χ0n) is 22.0. The van der Waals surface area contributed by atoms with Gasteiger partial charge in [-0.1, -0.05) is 12.1 Å². The summed E-state index contributed by atoms with van der Waals surface area (Å²) in [7, 11) is 0. The number of carbonyl (C=O) groups is 2. The number of aliphatic hydroxyl groups is 1. The molecule has 0 spiro atoms. The Labute approximate surface area is 222 Å². The number of carbonyl (C=O) groups excluding carboxylic acids is 2. The van der Waals surface area contributed by atoms with Gasteiger partial charge >= 0.3 is 5.97 Å². The minimum Gasteiger partial charge on any atom is -0.457 e. The molecule has 0 amide bonds. The first-order valence-corrected chi connectivity index (χ1v) is 12.1. The molecular weight excluding hydrogens is 518 g/mol. The summed E-state index contributed by atoms with van der Waals surface area (Å²) >= 11 is 0. The number of nitrogens with zero attached hydrogens (tertiary/aromatic N) is 2. The van der Waals surface area contributed by atoms with E-state index >= 15 is 0 Å². The molecule has 1 aromatic rings. The van der Waals surface area contributed by atoms with Crippen LogP contribution < -0.4 is 5.32 Å². The SMILES string of the molecule is CC1=C(C(=O)OC(C)(C)C)C(c2cccc([N+](=O)[O-])c2)C(C(=O)[C@]2(O)CO[C@@H]3[C@H](O[N+](=O)[O-])CO[C@@H]32)=C(C)N1. The van der Waals surface area contributed by atoms with Gasteiger partial charge < -0.3 is 29.5 Å². The first kappa shape index (κ1) is 28.1. The maximum atomic E-state index is 14.2. The van der Waals surface area contributed by atoms with Crippen LogP contribution in [0.1, 0.15) is 46.1 Å². The number of ketones is 1. The van der Waals surface area contributed by atoms with Gasteiger partial charge in [0.05, 0.1) is 23.7 Å². The number of Topliss-reactive ketones (excluding diaryl/α,β-unsaturated/α-hetero) is 1. The normalized spacial score (nSPS) is 28.6. The Balaban J connectivity index is 1.81. The number of ether oxygens (including phenoxy) is 3. The number of fused-ring (bicyclic) bond motifs is 1. The minimum absolute atomic E-state index is 0.0281. The third kappa shape index (κ3) is 5.22. The molecule has 2 saturated heterocycles. The summed E-state index contributed by atoms with van der Waals surface area (Å²) in [5, 5.41) is 36.0. The lowest BCUT2D eigenvalue weighted by Gasteiger charge is -2.35. The van der Waals surface area contributed by atoms with Crippen LogP contribution in [-0.2, 0) is 28.6 Å². The van der Waals surface area contributed by atoms with Crippen LogP contribution in [0.15, 0.2) is 46.8 Å². The van der Waals surface area contributed by atoms with E-state index in [4.69, 9.17) is 14.2 Å². The predicted octanol–water partition coefficient (Wildman–Crippen LogP) is 1.85. The number of nitro benzene ring substituents is 1. The molecule has 14 heteroatoms. The lowest BCUT2D eigenvalue weighted by molar-refractivity contribution is -0.769. The predicted molar refractivity (Wildman–Crippen MR) is 132 cm³/mol. The Kier molecular flexibility index (Phi) is 7.23. The summed E-state index contributed by atoms with van der Waals surface area (Å²) in [4.78, 5) is 54.0. The summed E-state index contributed by atoms with van der Waals surface area (Å²) in [5.41, 5.74) is -2.59. The molecule has 0 aliphatic carbocycles. The molecule has 1 unspecified atom stereocenters. The van der Waals surface area contributed by atoms with Crippen LogP contribution in [0.2, 0.25) is 0 Å². The second-order valence-electron chi connectivity index (χ2n) is 10.6. The molecular formula is C25H29N3O11. The van der Waals surface area contributed by atoms with Crippen molar-refractivity contribution >= 4 is 17.4 Å². The van der Waals surface area contributed by atoms with Crippen molar-refractivity contribution in [1.82, 2.24) is 5.32 Å². The standard InChI is InChI=1S/C25H29N3O11/c1-12-17(21(29)25(31)11-37-20-16(39-28(34)35)10-36-22(20)25)19(14-7-6-8-15(9-14)27(32)33)18(13(2)26-12)23(30)38-24(3,4)5/h6-9,16,19-20,22,26,31H,10-11H2,1-5H3/t16-,19?,20-,22+,25-/m1/s1. The molecule has 4 rings (SSSR count). The van der Waals surface area contributed by atoms with Crippen LogP contribution >= 0.6 is 0 Å². The highest BCUT2D eigenvalue weighted by molar-refractivity contribution is 6.08. The Bertz CT molecular complexity index is 1300. The van der Waals surface area contributed by atoms with E-state index in [9.17, 15) is 34.9 Å². The number of hydrogen-bond donors (Lipinski definition) is 2. The number of rotatable bonds is 7. The molecule has 3 aliphatic rings. The van der Waals surface area contributed by atoms with E-state index in [1.54, 1.807) is 34.6 Å². The van der Waals surface area contributed by atoms with Crippen LogP contribution in [0.3, 0.4) is 0 Å². The van der Waals surface area contributed by atoms with Crippen molar-refractivity contribution in [2.75, 3.05) is 13.2 Å². The summed E-state index contributed by atoms with van der Waals surface area (Å²) in [6.07, 6.45) is -3.54. The van der Waals surface area contributed by atoms with Gasteiger partial charge in [0.15, 0.2) is 17.5 Å². The molecule has 2 fully saturated rings. The second-order valence-corrected chi connectivity index (χ2v) is 10.6. The lowest BCUT2D eigenvalue weighted by atomic mass is 9.74. The smallest absolute Gasteiger partial charge is 0.337 e. The number of nitro groups is 1. The van der Waals surface area contributed by atoms with Crippen LogP contribution in [0.4, 0.5) is 5.69 Å². The highest BCUT2D eigenvalue weighted by Gasteiger charge is 2.62. The average Bonchev–Trinajstić information content (AvgIpc) is 3.38. The number of benzene rings is 1. The lowest BCUT2D eigenvalue weighted by Crippen LogP contribution is -2.53. The van der Waals surface area contributed by atoms with Gasteiger partial charge in [0.25, 0.3) is 10.8 Å². The zero-order valence-corrected chi connectivity index (χ0v) is 22.0. The highest BCUT2D eigenvalue weighted by Crippen LogP contribution is 2.45. The third-order valence-corrected chi connectivity index (χ3v) is 6.72. The Morgan fingerprint density at radius 1 is 1.13 bits per heavy atom. The van der Waals surface area contributed by atoms with Crippen molar-refractivity contribution < 1.29 is 43.8 Å². The van der Waals surface area contributed by atoms with E-state index in [1.807, 2.05) is 0 Å². The van der Waals surface area contributed by atoms with Crippen LogP contribution in [-0.4, -0.2) is 69.6 Å². The number of non-ortho nitro benzene ring substituents is 1. The van der Waals surface area contributed by atoms with Crippen molar-refractivity contribution in [3.05, 3.63) is 72.6 Å². The highest BCUT2D eigenvalue weighted by atomic mass is 17.0.